The van der Waals surface area contributed by atoms with E-state index in [9.17, 15) is 0 Å². The molecule has 0 aliphatic heterocycles. The lowest BCUT2D eigenvalue weighted by molar-refractivity contribution is 0.693. The quantitative estimate of drug-likeness (QED) is 0.674. The third-order valence-electron chi connectivity index (χ3n) is 3.66. The maximum Gasteiger partial charge on any atom is 0.0450 e. The summed E-state index contributed by atoms with van der Waals surface area (Å²) in [5, 5.41) is 4.25. The molecule has 0 radical (unpaired) electrons. The Morgan fingerprint density at radius 2 is 1.27 bits per heavy atom. The first-order valence-electron chi connectivity index (χ1n) is 7.41. The fourth-order valence-corrected chi connectivity index (χ4v) is 2.63. The average Bonchev–Trinajstić information content (AvgIpc) is 2.58. The van der Waals surface area contributed by atoms with Crippen LogP contribution in [0.4, 0.5) is 0 Å². The third kappa shape index (κ3) is 3.76. The van der Waals surface area contributed by atoms with Gasteiger partial charge in [-0.25, -0.2) is 0 Å². The molecule has 0 saturated carbocycles. The summed E-state index contributed by atoms with van der Waals surface area (Å²) >= 11 is 6.15. The Morgan fingerprint density at radius 1 is 0.636 bits per heavy atom. The predicted octanol–water partition coefficient (Wildman–Crippen LogP) is 5.30. The molecule has 0 aliphatic rings. The summed E-state index contributed by atoms with van der Waals surface area (Å²) in [6.07, 6.45) is 0. The van der Waals surface area contributed by atoms with Crippen molar-refractivity contribution in [3.63, 3.8) is 0 Å². The van der Waals surface area contributed by atoms with Crippen LogP contribution in [0.25, 0.3) is 11.1 Å². The van der Waals surface area contributed by atoms with Crippen molar-refractivity contribution in [3.8, 4) is 11.1 Å². The summed E-state index contributed by atoms with van der Waals surface area (Å²) in [5.41, 5.74) is 4.89. The molecule has 1 N–H and O–H groups in total. The van der Waals surface area contributed by atoms with Crippen LogP contribution in [0.5, 0.6) is 0 Å². The van der Waals surface area contributed by atoms with Gasteiger partial charge in [0.1, 0.15) is 0 Å². The van der Waals surface area contributed by atoms with Gasteiger partial charge in [0, 0.05) is 18.1 Å². The summed E-state index contributed by atoms with van der Waals surface area (Å²) in [4.78, 5) is 0. The number of hydrogen-bond donors (Lipinski definition) is 1. The molecule has 0 bridgehead atoms. The average molecular weight is 308 g/mol. The summed E-state index contributed by atoms with van der Waals surface area (Å²) < 4.78 is 0. The van der Waals surface area contributed by atoms with E-state index in [4.69, 9.17) is 11.6 Å². The van der Waals surface area contributed by atoms with Crippen molar-refractivity contribution in [2.45, 2.75) is 13.1 Å². The van der Waals surface area contributed by atoms with E-state index in [1.807, 2.05) is 30.3 Å². The van der Waals surface area contributed by atoms with Crippen LogP contribution in [0.1, 0.15) is 11.1 Å². The molecule has 0 unspecified atom stereocenters. The topological polar surface area (TPSA) is 12.0 Å². The van der Waals surface area contributed by atoms with Gasteiger partial charge in [0.2, 0.25) is 0 Å². The molecule has 0 aliphatic carbocycles. The molecule has 3 rings (SSSR count). The van der Waals surface area contributed by atoms with Crippen molar-refractivity contribution >= 4 is 11.6 Å². The Morgan fingerprint density at radius 3 is 2.00 bits per heavy atom. The van der Waals surface area contributed by atoms with Crippen molar-refractivity contribution in [1.82, 2.24) is 5.32 Å². The maximum atomic E-state index is 6.15. The molecule has 0 heterocycles. The van der Waals surface area contributed by atoms with Gasteiger partial charge in [0.15, 0.2) is 0 Å². The number of benzene rings is 3. The Kier molecular flexibility index (Phi) is 4.89. The van der Waals surface area contributed by atoms with E-state index in [1.54, 1.807) is 0 Å². The minimum absolute atomic E-state index is 0.778. The van der Waals surface area contributed by atoms with Gasteiger partial charge in [-0.2, -0.15) is 0 Å². The van der Waals surface area contributed by atoms with E-state index in [0.29, 0.717) is 0 Å². The number of nitrogens with one attached hydrogen (secondary N) is 1. The Labute approximate surface area is 136 Å². The Hall–Kier alpha value is -2.09. The zero-order valence-electron chi connectivity index (χ0n) is 12.3. The Bertz CT molecular complexity index is 720. The van der Waals surface area contributed by atoms with Crippen LogP contribution in [-0.2, 0) is 13.1 Å². The van der Waals surface area contributed by atoms with Crippen LogP contribution in [-0.4, -0.2) is 0 Å². The first-order valence-corrected chi connectivity index (χ1v) is 7.79. The molecule has 110 valence electrons. The second kappa shape index (κ2) is 7.26. The summed E-state index contributed by atoms with van der Waals surface area (Å²) in [5.74, 6) is 0. The van der Waals surface area contributed by atoms with Gasteiger partial charge in [-0.3, -0.25) is 0 Å². The highest BCUT2D eigenvalue weighted by atomic mass is 35.5. The van der Waals surface area contributed by atoms with Gasteiger partial charge in [-0.1, -0.05) is 84.4 Å². The molecule has 1 nitrogen and oxygen atoms in total. The minimum atomic E-state index is 0.778. The lowest BCUT2D eigenvalue weighted by Crippen LogP contribution is -2.12. The molecule has 0 saturated heterocycles. The van der Waals surface area contributed by atoms with Gasteiger partial charge in [0.05, 0.1) is 0 Å². The maximum absolute atomic E-state index is 6.15. The van der Waals surface area contributed by atoms with Crippen molar-refractivity contribution in [2.75, 3.05) is 0 Å². The molecule has 3 aromatic carbocycles. The van der Waals surface area contributed by atoms with Gasteiger partial charge >= 0.3 is 0 Å². The van der Waals surface area contributed by atoms with E-state index in [-0.39, 0.29) is 0 Å². The highest BCUT2D eigenvalue weighted by molar-refractivity contribution is 6.31. The largest absolute Gasteiger partial charge is 0.309 e. The SMILES string of the molecule is Clc1ccccc1CNCc1ccc(-c2ccccc2)cc1. The van der Waals surface area contributed by atoms with Gasteiger partial charge in [-0.05, 0) is 28.3 Å². The normalized spacial score (nSPS) is 10.6. The molecule has 0 spiro atoms. The van der Waals surface area contributed by atoms with Crippen molar-refractivity contribution in [1.29, 1.82) is 0 Å². The van der Waals surface area contributed by atoms with Crippen molar-refractivity contribution in [3.05, 3.63) is 95.0 Å². The monoisotopic (exact) mass is 307 g/mol. The fourth-order valence-electron chi connectivity index (χ4n) is 2.43. The van der Waals surface area contributed by atoms with Crippen LogP contribution < -0.4 is 5.32 Å². The van der Waals surface area contributed by atoms with Gasteiger partial charge < -0.3 is 5.32 Å². The van der Waals surface area contributed by atoms with Crippen molar-refractivity contribution in [2.24, 2.45) is 0 Å². The molecule has 3 aromatic rings. The molecular formula is C20H18ClN. The van der Waals surface area contributed by atoms with E-state index in [0.717, 1.165) is 23.7 Å². The first-order chi connectivity index (χ1) is 10.8. The zero-order valence-corrected chi connectivity index (χ0v) is 13.1. The van der Waals surface area contributed by atoms with E-state index in [2.05, 4.69) is 53.8 Å². The van der Waals surface area contributed by atoms with E-state index in [1.165, 1.54) is 16.7 Å². The number of halogens is 1. The second-order valence-corrected chi connectivity index (χ2v) is 5.67. The second-order valence-electron chi connectivity index (χ2n) is 5.26. The number of rotatable bonds is 5. The highest BCUT2D eigenvalue weighted by Gasteiger charge is 2.00. The lowest BCUT2D eigenvalue weighted by Gasteiger charge is -2.08. The van der Waals surface area contributed by atoms with Crippen LogP contribution in [0.2, 0.25) is 5.02 Å². The Balaban J connectivity index is 1.59. The lowest BCUT2D eigenvalue weighted by atomic mass is 10.0. The zero-order chi connectivity index (χ0) is 15.2. The van der Waals surface area contributed by atoms with Crippen LogP contribution in [0, 0.1) is 0 Å². The molecule has 0 amide bonds. The standard InChI is InChI=1S/C20H18ClN/c21-20-9-5-4-8-19(20)15-22-14-16-10-12-18(13-11-16)17-6-2-1-3-7-17/h1-13,22H,14-15H2. The van der Waals surface area contributed by atoms with Gasteiger partial charge in [-0.15, -0.1) is 0 Å². The van der Waals surface area contributed by atoms with E-state index < -0.39 is 0 Å². The summed E-state index contributed by atoms with van der Waals surface area (Å²) in [6, 6.07) is 27.0. The summed E-state index contributed by atoms with van der Waals surface area (Å²) in [7, 11) is 0. The van der Waals surface area contributed by atoms with Crippen LogP contribution in [0.3, 0.4) is 0 Å². The van der Waals surface area contributed by atoms with Crippen molar-refractivity contribution < 1.29 is 0 Å². The highest BCUT2D eigenvalue weighted by Crippen LogP contribution is 2.19. The van der Waals surface area contributed by atoms with Crippen LogP contribution >= 0.6 is 11.6 Å². The van der Waals surface area contributed by atoms with Crippen LogP contribution in [0.15, 0.2) is 78.9 Å². The summed E-state index contributed by atoms with van der Waals surface area (Å²) in [6.45, 7) is 1.61. The molecule has 0 atom stereocenters. The molecule has 0 fully saturated rings. The molecule has 0 aromatic heterocycles. The van der Waals surface area contributed by atoms with E-state index >= 15 is 0 Å². The predicted molar refractivity (Wildman–Crippen MR) is 93.9 cm³/mol. The molecule has 22 heavy (non-hydrogen) atoms. The third-order valence-corrected chi connectivity index (χ3v) is 4.03. The van der Waals surface area contributed by atoms with Gasteiger partial charge in [0.25, 0.3) is 0 Å². The first kappa shape index (κ1) is 14.8. The number of hydrogen-bond acceptors (Lipinski definition) is 1. The molecule has 2 heteroatoms. The smallest absolute Gasteiger partial charge is 0.0450 e. The minimum Gasteiger partial charge on any atom is -0.309 e. The fraction of sp³-hybridized carbons (Fsp3) is 0.100. The molecular weight excluding hydrogens is 290 g/mol.